The van der Waals surface area contributed by atoms with Crippen LogP contribution < -0.4 is 10.1 Å². The zero-order chi connectivity index (χ0) is 21.5. The molecule has 0 bridgehead atoms. The van der Waals surface area contributed by atoms with E-state index >= 15 is 0 Å². The molecule has 11 heteroatoms. The van der Waals surface area contributed by atoms with Gasteiger partial charge in [-0.2, -0.15) is 4.31 Å². The lowest BCUT2D eigenvalue weighted by Gasteiger charge is -2.30. The van der Waals surface area contributed by atoms with Crippen molar-refractivity contribution in [2.75, 3.05) is 25.5 Å². The Morgan fingerprint density at radius 2 is 2.17 bits per heavy atom. The second-order valence-corrected chi connectivity index (χ2v) is 10.1. The minimum Gasteiger partial charge on any atom is -0.497 e. The van der Waals surface area contributed by atoms with Gasteiger partial charge in [-0.3, -0.25) is 4.79 Å². The van der Waals surface area contributed by atoms with Crippen molar-refractivity contribution in [2.45, 2.75) is 31.6 Å². The molecule has 3 heterocycles. The van der Waals surface area contributed by atoms with Crippen LogP contribution in [0.2, 0.25) is 0 Å². The molecule has 1 amide bonds. The molecular formula is C19H22N4O5S2. The fourth-order valence-electron chi connectivity index (χ4n) is 3.64. The highest BCUT2D eigenvalue weighted by molar-refractivity contribution is 7.89. The molecule has 1 atom stereocenters. The number of carbonyl (C=O) groups is 1. The molecule has 160 valence electrons. The molecule has 0 unspecified atom stereocenters. The van der Waals surface area contributed by atoms with Crippen LogP contribution in [0.4, 0.5) is 5.13 Å². The monoisotopic (exact) mass is 450 g/mol. The van der Waals surface area contributed by atoms with E-state index in [4.69, 9.17) is 9.26 Å². The van der Waals surface area contributed by atoms with E-state index in [0.717, 1.165) is 16.0 Å². The van der Waals surface area contributed by atoms with E-state index < -0.39 is 15.9 Å². The van der Waals surface area contributed by atoms with E-state index in [2.05, 4.69) is 15.5 Å². The molecule has 2 aromatic heterocycles. The maximum Gasteiger partial charge on any atom is 0.248 e. The number of rotatable bonds is 5. The highest BCUT2D eigenvalue weighted by Gasteiger charge is 2.36. The van der Waals surface area contributed by atoms with E-state index in [1.54, 1.807) is 21.0 Å². The minimum absolute atomic E-state index is 0.0867. The van der Waals surface area contributed by atoms with Gasteiger partial charge < -0.3 is 14.6 Å². The zero-order valence-electron chi connectivity index (χ0n) is 16.8. The Labute approximate surface area is 178 Å². The Bertz CT molecular complexity index is 1180. The summed E-state index contributed by atoms with van der Waals surface area (Å²) in [5, 5.41) is 7.07. The minimum atomic E-state index is -3.78. The lowest BCUT2D eigenvalue weighted by atomic mass is 9.99. The molecule has 0 saturated carbocycles. The summed E-state index contributed by atoms with van der Waals surface area (Å²) in [6.07, 6.45) is 1.20. The number of ether oxygens (including phenoxy) is 1. The van der Waals surface area contributed by atoms with Gasteiger partial charge in [-0.05, 0) is 44.9 Å². The number of aromatic nitrogens is 2. The second-order valence-electron chi connectivity index (χ2n) is 7.20. The molecule has 9 nitrogen and oxygen atoms in total. The van der Waals surface area contributed by atoms with Gasteiger partial charge in [0.2, 0.25) is 15.9 Å². The largest absolute Gasteiger partial charge is 0.497 e. The SMILES string of the molecule is COc1ccc2nc(NC(=O)[C@H]3CCCN(S(=O)(=O)c4c(C)noc4C)C3)sc2c1. The lowest BCUT2D eigenvalue weighted by Crippen LogP contribution is -2.43. The van der Waals surface area contributed by atoms with Gasteiger partial charge in [0.25, 0.3) is 0 Å². The van der Waals surface area contributed by atoms with Crippen LogP contribution in [-0.4, -0.2) is 49.0 Å². The fourth-order valence-corrected chi connectivity index (χ4v) is 6.35. The van der Waals surface area contributed by atoms with E-state index in [9.17, 15) is 13.2 Å². The summed E-state index contributed by atoms with van der Waals surface area (Å²) in [6.45, 7) is 3.64. The first-order chi connectivity index (χ1) is 14.3. The molecule has 1 aliphatic rings. The normalized spacial score (nSPS) is 17.9. The predicted octanol–water partition coefficient (Wildman–Crippen LogP) is 2.95. The van der Waals surface area contributed by atoms with Gasteiger partial charge in [0.05, 0.1) is 23.2 Å². The number of nitrogens with zero attached hydrogens (tertiary/aromatic N) is 3. The molecule has 4 rings (SSSR count). The Morgan fingerprint density at radius 1 is 1.37 bits per heavy atom. The number of benzene rings is 1. The number of amides is 1. The summed E-state index contributed by atoms with van der Waals surface area (Å²) >= 11 is 1.35. The third kappa shape index (κ3) is 3.80. The van der Waals surface area contributed by atoms with Crippen molar-refractivity contribution < 1.29 is 22.5 Å². The van der Waals surface area contributed by atoms with Crippen molar-refractivity contribution in [3.63, 3.8) is 0 Å². The highest BCUT2D eigenvalue weighted by atomic mass is 32.2. The molecule has 30 heavy (non-hydrogen) atoms. The van der Waals surface area contributed by atoms with Crippen molar-refractivity contribution in [1.29, 1.82) is 0 Å². The van der Waals surface area contributed by atoms with E-state index in [0.29, 0.717) is 30.2 Å². The van der Waals surface area contributed by atoms with Gasteiger partial charge in [-0.25, -0.2) is 13.4 Å². The van der Waals surface area contributed by atoms with Gasteiger partial charge >= 0.3 is 0 Å². The van der Waals surface area contributed by atoms with E-state index in [1.807, 2.05) is 18.2 Å². The number of hydrogen-bond donors (Lipinski definition) is 1. The Kier molecular flexibility index (Phi) is 5.51. The average Bonchev–Trinajstić information content (AvgIpc) is 3.29. The third-order valence-electron chi connectivity index (χ3n) is 5.15. The molecule has 0 aliphatic carbocycles. The standard InChI is InChI=1S/C19H22N4O5S2/c1-11-17(12(2)28-22-11)30(25,26)23-8-4-5-13(10-23)18(24)21-19-20-15-7-6-14(27-3)9-16(15)29-19/h6-7,9,13H,4-5,8,10H2,1-3H3,(H,20,21,24)/t13-/m0/s1. The topological polar surface area (TPSA) is 115 Å². The van der Waals surface area contributed by atoms with Crippen LogP contribution in [0.25, 0.3) is 10.2 Å². The van der Waals surface area contributed by atoms with E-state index in [1.165, 1.54) is 15.6 Å². The van der Waals surface area contributed by atoms with Crippen LogP contribution in [0.15, 0.2) is 27.6 Å². The molecule has 1 aromatic carbocycles. The molecule has 1 aliphatic heterocycles. The van der Waals surface area contributed by atoms with Gasteiger partial charge in [-0.15, -0.1) is 0 Å². The number of piperidine rings is 1. The van der Waals surface area contributed by atoms with Crippen LogP contribution in [-0.2, 0) is 14.8 Å². The number of nitrogens with one attached hydrogen (secondary N) is 1. The molecule has 3 aromatic rings. The number of methoxy groups -OCH3 is 1. The van der Waals surface area contributed by atoms with Crippen LogP contribution in [0, 0.1) is 19.8 Å². The number of sulfonamides is 1. The van der Waals surface area contributed by atoms with Crippen molar-refractivity contribution in [3.05, 3.63) is 29.7 Å². The predicted molar refractivity (Wildman–Crippen MR) is 112 cm³/mol. The van der Waals surface area contributed by atoms with Crippen molar-refractivity contribution >= 4 is 42.6 Å². The Hall–Kier alpha value is -2.50. The van der Waals surface area contributed by atoms with Gasteiger partial charge in [0.15, 0.2) is 10.9 Å². The van der Waals surface area contributed by atoms with Crippen molar-refractivity contribution in [1.82, 2.24) is 14.4 Å². The number of carbonyl (C=O) groups excluding carboxylic acids is 1. The van der Waals surface area contributed by atoms with Crippen LogP contribution in [0.1, 0.15) is 24.3 Å². The molecule has 0 radical (unpaired) electrons. The van der Waals surface area contributed by atoms with Gasteiger partial charge in [-0.1, -0.05) is 16.5 Å². The second kappa shape index (κ2) is 7.97. The molecule has 0 spiro atoms. The van der Waals surface area contributed by atoms with Gasteiger partial charge in [0.1, 0.15) is 16.3 Å². The number of anilines is 1. The summed E-state index contributed by atoms with van der Waals surface area (Å²) < 4.78 is 38.6. The Balaban J connectivity index is 1.50. The summed E-state index contributed by atoms with van der Waals surface area (Å²) in [5.41, 5.74) is 1.09. The first-order valence-corrected chi connectivity index (χ1v) is 11.7. The number of fused-ring (bicyclic) bond motifs is 1. The first-order valence-electron chi connectivity index (χ1n) is 9.48. The van der Waals surface area contributed by atoms with Crippen LogP contribution >= 0.6 is 11.3 Å². The maximum absolute atomic E-state index is 13.1. The lowest BCUT2D eigenvalue weighted by molar-refractivity contribution is -0.120. The average molecular weight is 451 g/mol. The number of hydrogen-bond acceptors (Lipinski definition) is 8. The van der Waals surface area contributed by atoms with E-state index in [-0.39, 0.29) is 23.1 Å². The maximum atomic E-state index is 13.1. The van der Waals surface area contributed by atoms with Crippen LogP contribution in [0.3, 0.4) is 0 Å². The van der Waals surface area contributed by atoms with Gasteiger partial charge in [0, 0.05) is 13.1 Å². The quantitative estimate of drug-likeness (QED) is 0.635. The number of thiazole rings is 1. The third-order valence-corrected chi connectivity index (χ3v) is 8.19. The smallest absolute Gasteiger partial charge is 0.248 e. The molecule has 1 saturated heterocycles. The molecule has 1 fully saturated rings. The fraction of sp³-hybridized carbons (Fsp3) is 0.421. The molecule has 1 N–H and O–H groups in total. The zero-order valence-corrected chi connectivity index (χ0v) is 18.5. The summed E-state index contributed by atoms with van der Waals surface area (Å²) in [4.78, 5) is 17.4. The van der Waals surface area contributed by atoms with Crippen molar-refractivity contribution in [2.24, 2.45) is 5.92 Å². The van der Waals surface area contributed by atoms with Crippen LogP contribution in [0.5, 0.6) is 5.75 Å². The summed E-state index contributed by atoms with van der Waals surface area (Å²) in [7, 11) is -2.18. The molecular weight excluding hydrogens is 428 g/mol. The highest BCUT2D eigenvalue weighted by Crippen LogP contribution is 2.31. The van der Waals surface area contributed by atoms with Crippen molar-refractivity contribution in [3.8, 4) is 5.75 Å². The first kappa shape index (κ1) is 20.8. The summed E-state index contributed by atoms with van der Waals surface area (Å²) in [5.74, 6) is 0.274. The number of aryl methyl sites for hydroxylation is 2. The summed E-state index contributed by atoms with van der Waals surface area (Å²) in [6, 6.07) is 5.51. The Morgan fingerprint density at radius 3 is 2.87 bits per heavy atom.